The molecule has 224 valence electrons. The van der Waals surface area contributed by atoms with Gasteiger partial charge >= 0.3 is 0 Å². The summed E-state index contributed by atoms with van der Waals surface area (Å²) in [6, 6.07) is 13.0. The third-order valence-corrected chi connectivity index (χ3v) is 10.1. The highest BCUT2D eigenvalue weighted by molar-refractivity contribution is 7.99. The van der Waals surface area contributed by atoms with Gasteiger partial charge in [0, 0.05) is 54.6 Å². The van der Waals surface area contributed by atoms with Crippen LogP contribution in [0.4, 0.5) is 15.9 Å². The van der Waals surface area contributed by atoms with Crippen molar-refractivity contribution in [1.82, 2.24) is 19.8 Å². The standard InChI is InChI=1S/C33H38FN7OS/c1-22-8-5-9-24-10-6-12-29(30(22)24)39-15-13-27-28(20-39)36-33(43-21-25-11-7-14-38(25)4)37-31(27)40-16-17-41(32(42)23(2)34)26(19-40)18-35-3/h5-6,8-10,12,25-26H,2,7,11,13-21H2,1,4H3/t25-,26-/m0/s1. The van der Waals surface area contributed by atoms with Crippen LogP contribution in [0.5, 0.6) is 0 Å². The molecule has 4 heterocycles. The van der Waals surface area contributed by atoms with Crippen molar-refractivity contribution in [3.05, 3.63) is 77.0 Å². The number of carbonyl (C=O) groups excluding carboxylic acids is 1. The molecule has 8 nitrogen and oxygen atoms in total. The fourth-order valence-corrected chi connectivity index (χ4v) is 7.87. The van der Waals surface area contributed by atoms with Crippen molar-refractivity contribution in [2.24, 2.45) is 0 Å². The van der Waals surface area contributed by atoms with Gasteiger partial charge in [0.2, 0.25) is 6.54 Å². The van der Waals surface area contributed by atoms with E-state index in [1.807, 2.05) is 0 Å². The van der Waals surface area contributed by atoms with E-state index in [0.717, 1.165) is 47.5 Å². The van der Waals surface area contributed by atoms with Crippen LogP contribution in [0.2, 0.25) is 0 Å². The predicted octanol–water partition coefficient (Wildman–Crippen LogP) is 5.11. The molecular weight excluding hydrogens is 561 g/mol. The van der Waals surface area contributed by atoms with Crippen LogP contribution < -0.4 is 9.80 Å². The predicted molar refractivity (Wildman–Crippen MR) is 171 cm³/mol. The molecule has 0 radical (unpaired) electrons. The van der Waals surface area contributed by atoms with Gasteiger partial charge in [-0.15, -0.1) is 0 Å². The number of hydrogen-bond acceptors (Lipinski definition) is 7. The van der Waals surface area contributed by atoms with Crippen LogP contribution >= 0.6 is 11.8 Å². The van der Waals surface area contributed by atoms with Crippen LogP contribution in [-0.4, -0.2) is 89.8 Å². The number of aryl methyl sites for hydroxylation is 1. The van der Waals surface area contributed by atoms with Crippen LogP contribution in [0.15, 0.2) is 54.0 Å². The van der Waals surface area contributed by atoms with E-state index in [4.69, 9.17) is 16.5 Å². The van der Waals surface area contributed by atoms with Gasteiger partial charge in [0.15, 0.2) is 11.0 Å². The number of anilines is 2. The molecule has 10 heteroatoms. The zero-order valence-electron chi connectivity index (χ0n) is 24.9. The third kappa shape index (κ3) is 5.93. The minimum absolute atomic E-state index is 0.104. The van der Waals surface area contributed by atoms with E-state index in [9.17, 15) is 9.18 Å². The number of thioether (sulfide) groups is 1. The second-order valence-corrected chi connectivity index (χ2v) is 12.8. The largest absolute Gasteiger partial charge is 0.365 e. The Morgan fingerprint density at radius 3 is 2.67 bits per heavy atom. The first-order valence-corrected chi connectivity index (χ1v) is 16.0. The number of amides is 1. The monoisotopic (exact) mass is 599 g/mol. The number of rotatable bonds is 7. The van der Waals surface area contributed by atoms with Gasteiger partial charge in [0.05, 0.1) is 12.2 Å². The highest BCUT2D eigenvalue weighted by Gasteiger charge is 2.36. The van der Waals surface area contributed by atoms with Crippen molar-refractivity contribution < 1.29 is 9.18 Å². The third-order valence-electron chi connectivity index (χ3n) is 9.11. The second-order valence-electron chi connectivity index (χ2n) is 11.8. The average Bonchev–Trinajstić information content (AvgIpc) is 3.43. The Balaban J connectivity index is 1.34. The van der Waals surface area contributed by atoms with Gasteiger partial charge < -0.3 is 24.4 Å². The Morgan fingerprint density at radius 1 is 1.12 bits per heavy atom. The maximum Gasteiger partial charge on any atom is 0.282 e. The Hall–Kier alpha value is -3.68. The van der Waals surface area contributed by atoms with Gasteiger partial charge in [-0.25, -0.2) is 20.9 Å². The first-order valence-electron chi connectivity index (χ1n) is 15.0. The van der Waals surface area contributed by atoms with Crippen molar-refractivity contribution >= 4 is 39.9 Å². The van der Waals surface area contributed by atoms with E-state index in [1.165, 1.54) is 39.8 Å². The summed E-state index contributed by atoms with van der Waals surface area (Å²) >= 11 is 1.71. The lowest BCUT2D eigenvalue weighted by molar-refractivity contribution is -0.131. The fourth-order valence-electron chi connectivity index (χ4n) is 6.78. The van der Waals surface area contributed by atoms with Crippen molar-refractivity contribution in [2.75, 3.05) is 61.9 Å². The molecule has 3 aromatic rings. The minimum Gasteiger partial charge on any atom is -0.365 e. The summed E-state index contributed by atoms with van der Waals surface area (Å²) < 4.78 is 13.8. The Morgan fingerprint density at radius 2 is 1.93 bits per heavy atom. The van der Waals surface area contributed by atoms with Gasteiger partial charge in [-0.2, -0.15) is 0 Å². The Kier molecular flexibility index (Phi) is 8.55. The van der Waals surface area contributed by atoms with E-state index in [1.54, 1.807) is 11.8 Å². The topological polar surface area (TPSA) is 60.2 Å². The lowest BCUT2D eigenvalue weighted by atomic mass is 9.99. The van der Waals surface area contributed by atoms with Crippen molar-refractivity contribution in [3.8, 4) is 0 Å². The summed E-state index contributed by atoms with van der Waals surface area (Å²) in [5.74, 6) is 0.114. The maximum absolute atomic E-state index is 13.8. The zero-order chi connectivity index (χ0) is 30.1. The summed E-state index contributed by atoms with van der Waals surface area (Å²) in [5.41, 5.74) is 4.64. The number of fused-ring (bicyclic) bond motifs is 2. The number of piperazine rings is 1. The van der Waals surface area contributed by atoms with Gasteiger partial charge in [0.1, 0.15) is 11.9 Å². The highest BCUT2D eigenvalue weighted by Crippen LogP contribution is 2.36. The minimum atomic E-state index is -0.984. The fraction of sp³-hybridized carbons (Fsp3) is 0.455. The second kappa shape index (κ2) is 12.5. The van der Waals surface area contributed by atoms with E-state index >= 15 is 0 Å². The number of halogens is 1. The molecule has 1 aromatic heterocycles. The summed E-state index contributed by atoms with van der Waals surface area (Å²) in [7, 11) is 2.19. The molecule has 0 unspecified atom stereocenters. The van der Waals surface area contributed by atoms with E-state index < -0.39 is 17.8 Å². The quantitative estimate of drug-likeness (QED) is 0.162. The lowest BCUT2D eigenvalue weighted by Gasteiger charge is -2.41. The maximum atomic E-state index is 13.8. The van der Waals surface area contributed by atoms with E-state index in [2.05, 4.69) is 76.5 Å². The summed E-state index contributed by atoms with van der Waals surface area (Å²) in [6.07, 6.45) is 3.19. The molecule has 0 saturated carbocycles. The summed E-state index contributed by atoms with van der Waals surface area (Å²) in [6.45, 7) is 16.8. The molecule has 3 aliphatic heterocycles. The Bertz CT molecular complexity index is 1580. The number of likely N-dealkylation sites (tertiary alicyclic amines) is 1. The number of hydrogen-bond donors (Lipinski definition) is 0. The zero-order valence-corrected chi connectivity index (χ0v) is 25.7. The number of nitrogens with zero attached hydrogens (tertiary/aromatic N) is 7. The average molecular weight is 600 g/mol. The molecule has 43 heavy (non-hydrogen) atoms. The van der Waals surface area contributed by atoms with Gasteiger partial charge in [0.25, 0.3) is 5.91 Å². The number of benzene rings is 2. The van der Waals surface area contributed by atoms with Gasteiger partial charge in [-0.3, -0.25) is 4.79 Å². The van der Waals surface area contributed by atoms with Crippen LogP contribution in [0.3, 0.4) is 0 Å². The normalized spacial score (nSPS) is 20.7. The molecule has 2 fully saturated rings. The summed E-state index contributed by atoms with van der Waals surface area (Å²) in [5, 5.41) is 3.28. The Labute approximate surface area is 257 Å². The van der Waals surface area contributed by atoms with Gasteiger partial charge in [-0.05, 0) is 56.8 Å². The smallest absolute Gasteiger partial charge is 0.282 e. The molecule has 2 aromatic carbocycles. The lowest BCUT2D eigenvalue weighted by Crippen LogP contribution is -2.57. The molecule has 2 atom stereocenters. The van der Waals surface area contributed by atoms with Gasteiger partial charge in [-0.1, -0.05) is 48.7 Å². The molecule has 6 rings (SSSR count). The molecule has 0 spiro atoms. The molecular formula is C33H38FN7OS. The van der Waals surface area contributed by atoms with Crippen molar-refractivity contribution in [2.45, 2.75) is 50.0 Å². The van der Waals surface area contributed by atoms with Crippen LogP contribution in [-0.2, 0) is 17.8 Å². The highest BCUT2D eigenvalue weighted by atomic mass is 32.2. The molecule has 1 amide bonds. The van der Waals surface area contributed by atoms with Crippen molar-refractivity contribution in [1.29, 1.82) is 0 Å². The molecule has 3 aliphatic rings. The number of aromatic nitrogens is 2. The van der Waals surface area contributed by atoms with E-state index in [-0.39, 0.29) is 6.54 Å². The molecule has 0 N–H and O–H groups in total. The first kappa shape index (κ1) is 29.4. The first-order chi connectivity index (χ1) is 20.8. The molecule has 0 bridgehead atoms. The van der Waals surface area contributed by atoms with Crippen LogP contribution in [0, 0.1) is 13.5 Å². The molecule has 0 aliphatic carbocycles. The van der Waals surface area contributed by atoms with Crippen molar-refractivity contribution in [3.63, 3.8) is 0 Å². The molecule has 2 saturated heterocycles. The van der Waals surface area contributed by atoms with Crippen LogP contribution in [0.1, 0.15) is 29.7 Å². The number of carbonyl (C=O) groups is 1. The van der Waals surface area contributed by atoms with E-state index in [0.29, 0.717) is 32.2 Å². The SMILES string of the molecule is [C-]#[N+]C[C@H]1CN(c2nc(SC[C@@H]3CCCN3C)nc3c2CCN(c2cccc4cccc(C)c24)C3)CCN1C(=O)C(=C)F. The van der Waals surface area contributed by atoms with Crippen LogP contribution in [0.25, 0.3) is 15.6 Å². The summed E-state index contributed by atoms with van der Waals surface area (Å²) in [4.78, 5) is 34.9.